The van der Waals surface area contributed by atoms with Crippen LogP contribution >= 0.6 is 35.0 Å². The second-order valence-electron chi connectivity index (χ2n) is 4.74. The van der Waals surface area contributed by atoms with Crippen molar-refractivity contribution >= 4 is 47.1 Å². The van der Waals surface area contributed by atoms with Crippen molar-refractivity contribution in [1.29, 1.82) is 0 Å². The van der Waals surface area contributed by atoms with Gasteiger partial charge in [0.2, 0.25) is 5.16 Å². The summed E-state index contributed by atoms with van der Waals surface area (Å²) in [4.78, 5) is 15.4. The molecule has 1 aromatic heterocycles. The van der Waals surface area contributed by atoms with Crippen molar-refractivity contribution < 1.29 is 4.79 Å². The van der Waals surface area contributed by atoms with E-state index in [0.717, 1.165) is 24.2 Å². The van der Waals surface area contributed by atoms with E-state index in [2.05, 4.69) is 27.4 Å². The van der Waals surface area contributed by atoms with Crippen LogP contribution in [0.15, 0.2) is 23.4 Å². The lowest BCUT2D eigenvalue weighted by atomic mass is 10.2. The summed E-state index contributed by atoms with van der Waals surface area (Å²) in [6.07, 6.45) is 2.81. The van der Waals surface area contributed by atoms with E-state index in [1.165, 1.54) is 11.8 Å². The van der Waals surface area contributed by atoms with Gasteiger partial charge >= 0.3 is 0 Å². The molecule has 1 aromatic carbocycles. The Morgan fingerprint density at radius 1 is 1.30 bits per heavy atom. The molecule has 0 atom stereocenters. The van der Waals surface area contributed by atoms with Crippen LogP contribution in [0.2, 0.25) is 10.0 Å². The molecule has 0 saturated carbocycles. The smallest absolute Gasteiger partial charge is 0.211 e. The molecule has 8 heteroatoms. The van der Waals surface area contributed by atoms with Gasteiger partial charge in [0.05, 0.1) is 0 Å². The second-order valence-corrected chi connectivity index (χ2v) is 6.64. The molecule has 0 aliphatic rings. The molecule has 2 aromatic rings. The average molecular weight is 371 g/mol. The van der Waals surface area contributed by atoms with Crippen molar-refractivity contribution in [3.8, 4) is 0 Å². The number of nitrogens with zero attached hydrogens (tertiary/aromatic N) is 3. The number of rotatable bonds is 8. The summed E-state index contributed by atoms with van der Waals surface area (Å²) in [7, 11) is 0. The molecule has 0 radical (unpaired) electrons. The Bertz CT molecular complexity index is 685. The van der Waals surface area contributed by atoms with Crippen LogP contribution < -0.4 is 5.32 Å². The number of benzene rings is 1. The van der Waals surface area contributed by atoms with Crippen LogP contribution in [-0.4, -0.2) is 27.2 Å². The van der Waals surface area contributed by atoms with Gasteiger partial charge in [-0.25, -0.2) is 4.98 Å². The Balaban J connectivity index is 2.10. The molecule has 1 N–H and O–H groups in total. The van der Waals surface area contributed by atoms with Crippen molar-refractivity contribution in [2.45, 2.75) is 31.5 Å². The standard InChI is InChI=1S/C15H16Cl2N4OS/c1-2-3-6-23-15-19-14(13(9-22)20-21-15)18-8-10-4-5-11(16)7-12(10)17/h4-5,7,9H,2-3,6,8H2,1H3,(H,18,19,21). The zero-order valence-electron chi connectivity index (χ0n) is 12.6. The van der Waals surface area contributed by atoms with Gasteiger partial charge in [-0.2, -0.15) is 0 Å². The first-order valence-electron chi connectivity index (χ1n) is 7.14. The highest BCUT2D eigenvalue weighted by Crippen LogP contribution is 2.22. The van der Waals surface area contributed by atoms with Crippen molar-refractivity contribution in [3.63, 3.8) is 0 Å². The van der Waals surface area contributed by atoms with Gasteiger partial charge in [0, 0.05) is 22.3 Å². The Kier molecular flexibility index (Phi) is 7.08. The number of aldehydes is 1. The Labute approximate surface area is 149 Å². The van der Waals surface area contributed by atoms with Crippen LogP contribution in [0.5, 0.6) is 0 Å². The Morgan fingerprint density at radius 2 is 2.13 bits per heavy atom. The van der Waals surface area contributed by atoms with Crippen molar-refractivity contribution in [2.24, 2.45) is 0 Å². The average Bonchev–Trinajstić information content (AvgIpc) is 2.54. The predicted octanol–water partition coefficient (Wildman–Crippen LogP) is 4.50. The topological polar surface area (TPSA) is 67.8 Å². The number of hydrogen-bond acceptors (Lipinski definition) is 6. The molecule has 0 saturated heterocycles. The molecule has 0 amide bonds. The first-order chi connectivity index (χ1) is 11.1. The lowest BCUT2D eigenvalue weighted by molar-refractivity contribution is 0.111. The number of carbonyl (C=O) groups excluding carboxylic acids is 1. The van der Waals surface area contributed by atoms with E-state index in [1.54, 1.807) is 12.1 Å². The van der Waals surface area contributed by atoms with Crippen LogP contribution in [0, 0.1) is 0 Å². The number of carbonyl (C=O) groups is 1. The zero-order valence-corrected chi connectivity index (χ0v) is 14.9. The summed E-state index contributed by atoms with van der Waals surface area (Å²) < 4.78 is 0. The summed E-state index contributed by atoms with van der Waals surface area (Å²) in [5.41, 5.74) is 1.03. The van der Waals surface area contributed by atoms with E-state index in [-0.39, 0.29) is 5.69 Å². The van der Waals surface area contributed by atoms with E-state index >= 15 is 0 Å². The van der Waals surface area contributed by atoms with Crippen LogP contribution in [0.1, 0.15) is 35.8 Å². The highest BCUT2D eigenvalue weighted by atomic mass is 35.5. The monoisotopic (exact) mass is 370 g/mol. The lowest BCUT2D eigenvalue weighted by Crippen LogP contribution is -2.08. The van der Waals surface area contributed by atoms with Crippen LogP contribution in [0.25, 0.3) is 0 Å². The third-order valence-corrected chi connectivity index (χ3v) is 4.51. The summed E-state index contributed by atoms with van der Waals surface area (Å²) in [5.74, 6) is 1.32. The summed E-state index contributed by atoms with van der Waals surface area (Å²) in [6.45, 7) is 2.53. The maximum atomic E-state index is 11.1. The van der Waals surface area contributed by atoms with Gasteiger partial charge in [-0.3, -0.25) is 4.79 Å². The van der Waals surface area contributed by atoms with Gasteiger partial charge < -0.3 is 5.32 Å². The molecular weight excluding hydrogens is 355 g/mol. The highest BCUT2D eigenvalue weighted by Gasteiger charge is 2.10. The van der Waals surface area contributed by atoms with E-state index in [4.69, 9.17) is 23.2 Å². The van der Waals surface area contributed by atoms with Crippen molar-refractivity contribution in [1.82, 2.24) is 15.2 Å². The Hall–Kier alpha value is -1.37. The molecule has 0 spiro atoms. The van der Waals surface area contributed by atoms with Crippen LogP contribution in [-0.2, 0) is 6.54 Å². The van der Waals surface area contributed by atoms with Gasteiger partial charge in [0.25, 0.3) is 0 Å². The van der Waals surface area contributed by atoms with Crippen LogP contribution in [0.3, 0.4) is 0 Å². The fourth-order valence-electron chi connectivity index (χ4n) is 1.74. The zero-order chi connectivity index (χ0) is 16.7. The van der Waals surface area contributed by atoms with Gasteiger partial charge in [-0.1, -0.05) is 54.4 Å². The molecule has 23 heavy (non-hydrogen) atoms. The number of aromatic nitrogens is 3. The molecule has 2 rings (SSSR count). The molecule has 5 nitrogen and oxygen atoms in total. The third-order valence-electron chi connectivity index (χ3n) is 3.00. The predicted molar refractivity (Wildman–Crippen MR) is 94.6 cm³/mol. The molecule has 122 valence electrons. The first-order valence-corrected chi connectivity index (χ1v) is 8.88. The number of anilines is 1. The number of hydrogen-bond donors (Lipinski definition) is 1. The minimum atomic E-state index is 0.176. The minimum absolute atomic E-state index is 0.176. The quantitative estimate of drug-likeness (QED) is 0.419. The van der Waals surface area contributed by atoms with Gasteiger partial charge in [0.15, 0.2) is 17.8 Å². The number of halogens is 2. The number of unbranched alkanes of at least 4 members (excludes halogenated alkanes) is 1. The summed E-state index contributed by atoms with van der Waals surface area (Å²) in [5, 5.41) is 12.6. The maximum Gasteiger partial charge on any atom is 0.211 e. The maximum absolute atomic E-state index is 11.1. The van der Waals surface area contributed by atoms with E-state index in [9.17, 15) is 4.79 Å². The largest absolute Gasteiger partial charge is 0.364 e. The van der Waals surface area contributed by atoms with E-state index in [1.807, 2.05) is 6.07 Å². The molecular formula is C15H16Cl2N4OS. The highest BCUT2D eigenvalue weighted by molar-refractivity contribution is 7.99. The molecule has 1 heterocycles. The number of thioether (sulfide) groups is 1. The fraction of sp³-hybridized carbons (Fsp3) is 0.333. The normalized spacial score (nSPS) is 10.6. The molecule has 0 aliphatic carbocycles. The molecule has 0 bridgehead atoms. The van der Waals surface area contributed by atoms with Crippen molar-refractivity contribution in [2.75, 3.05) is 11.1 Å². The third kappa shape index (κ3) is 5.34. The Morgan fingerprint density at radius 3 is 2.83 bits per heavy atom. The molecule has 0 fully saturated rings. The first kappa shape index (κ1) is 18.0. The number of nitrogens with one attached hydrogen (secondary N) is 1. The van der Waals surface area contributed by atoms with Crippen LogP contribution in [0.4, 0.5) is 5.82 Å². The van der Waals surface area contributed by atoms with Crippen molar-refractivity contribution in [3.05, 3.63) is 39.5 Å². The lowest BCUT2D eigenvalue weighted by Gasteiger charge is -2.09. The second kappa shape index (κ2) is 9.05. The van der Waals surface area contributed by atoms with Gasteiger partial charge in [-0.05, 0) is 24.1 Å². The SMILES string of the molecule is CCCCSc1nnc(C=O)c(NCc2ccc(Cl)cc2Cl)n1. The summed E-state index contributed by atoms with van der Waals surface area (Å²) in [6, 6.07) is 5.25. The van der Waals surface area contributed by atoms with Gasteiger partial charge in [0.1, 0.15) is 0 Å². The van der Waals surface area contributed by atoms with E-state index < -0.39 is 0 Å². The fourth-order valence-corrected chi connectivity index (χ4v) is 3.09. The molecule has 0 aliphatic heterocycles. The summed E-state index contributed by atoms with van der Waals surface area (Å²) >= 11 is 13.5. The molecule has 0 unspecified atom stereocenters. The van der Waals surface area contributed by atoms with Gasteiger partial charge in [-0.15, -0.1) is 10.2 Å². The van der Waals surface area contributed by atoms with E-state index in [0.29, 0.717) is 33.9 Å². The minimum Gasteiger partial charge on any atom is -0.364 e.